The van der Waals surface area contributed by atoms with E-state index in [0.717, 1.165) is 12.8 Å². The SMILES string of the molecule is COc1ccccc1NC(=O)c1cc(S(=O)(=O)N2CCCC2)ccc1Br. The van der Waals surface area contributed by atoms with E-state index in [1.807, 2.05) is 0 Å². The summed E-state index contributed by atoms with van der Waals surface area (Å²) in [7, 11) is -2.07. The van der Waals surface area contributed by atoms with Crippen LogP contribution in [0.3, 0.4) is 0 Å². The summed E-state index contributed by atoms with van der Waals surface area (Å²) in [4.78, 5) is 12.8. The van der Waals surface area contributed by atoms with Crippen molar-refractivity contribution in [1.29, 1.82) is 0 Å². The smallest absolute Gasteiger partial charge is 0.256 e. The lowest BCUT2D eigenvalue weighted by Gasteiger charge is -2.17. The molecule has 0 bridgehead atoms. The van der Waals surface area contributed by atoms with Crippen LogP contribution in [0, 0.1) is 0 Å². The molecule has 1 aliphatic rings. The van der Waals surface area contributed by atoms with Crippen LogP contribution in [0.25, 0.3) is 0 Å². The van der Waals surface area contributed by atoms with Crippen LogP contribution in [-0.2, 0) is 10.0 Å². The van der Waals surface area contributed by atoms with Crippen molar-refractivity contribution in [2.75, 3.05) is 25.5 Å². The second kappa shape index (κ2) is 7.77. The summed E-state index contributed by atoms with van der Waals surface area (Å²) in [5, 5.41) is 2.76. The topological polar surface area (TPSA) is 75.7 Å². The summed E-state index contributed by atoms with van der Waals surface area (Å²) in [6, 6.07) is 11.5. The lowest BCUT2D eigenvalue weighted by Crippen LogP contribution is -2.28. The van der Waals surface area contributed by atoms with Crippen molar-refractivity contribution >= 4 is 37.5 Å². The minimum Gasteiger partial charge on any atom is -0.495 e. The maximum Gasteiger partial charge on any atom is 0.256 e. The molecule has 0 radical (unpaired) electrons. The van der Waals surface area contributed by atoms with Crippen LogP contribution in [0.15, 0.2) is 51.8 Å². The van der Waals surface area contributed by atoms with E-state index in [-0.39, 0.29) is 10.5 Å². The van der Waals surface area contributed by atoms with Crippen molar-refractivity contribution in [3.63, 3.8) is 0 Å². The molecule has 0 unspecified atom stereocenters. The summed E-state index contributed by atoms with van der Waals surface area (Å²) in [5.41, 5.74) is 0.760. The number of halogens is 1. The largest absolute Gasteiger partial charge is 0.495 e. The Kier molecular flexibility index (Phi) is 5.64. The first-order valence-electron chi connectivity index (χ1n) is 8.17. The number of ether oxygens (including phenoxy) is 1. The van der Waals surface area contributed by atoms with Crippen molar-refractivity contribution in [2.24, 2.45) is 0 Å². The van der Waals surface area contributed by atoms with Crippen molar-refractivity contribution in [2.45, 2.75) is 17.7 Å². The first kappa shape index (κ1) is 18.9. The monoisotopic (exact) mass is 438 g/mol. The van der Waals surface area contributed by atoms with E-state index in [1.165, 1.54) is 23.5 Å². The number of sulfonamides is 1. The number of para-hydroxylation sites is 2. The van der Waals surface area contributed by atoms with Gasteiger partial charge in [0.2, 0.25) is 10.0 Å². The molecule has 26 heavy (non-hydrogen) atoms. The van der Waals surface area contributed by atoms with Gasteiger partial charge in [0.25, 0.3) is 5.91 Å². The van der Waals surface area contributed by atoms with E-state index in [1.54, 1.807) is 30.3 Å². The van der Waals surface area contributed by atoms with Gasteiger partial charge in [-0.15, -0.1) is 0 Å². The van der Waals surface area contributed by atoms with Gasteiger partial charge in [-0.05, 0) is 59.1 Å². The molecule has 138 valence electrons. The maximum atomic E-state index is 12.7. The second-order valence-electron chi connectivity index (χ2n) is 5.91. The highest BCUT2D eigenvalue weighted by Gasteiger charge is 2.28. The molecule has 2 aromatic carbocycles. The van der Waals surface area contributed by atoms with Gasteiger partial charge >= 0.3 is 0 Å². The van der Waals surface area contributed by atoms with Crippen molar-refractivity contribution in [3.05, 3.63) is 52.5 Å². The molecule has 1 heterocycles. The van der Waals surface area contributed by atoms with Crippen LogP contribution in [0.5, 0.6) is 5.75 Å². The van der Waals surface area contributed by atoms with Gasteiger partial charge in [0, 0.05) is 17.6 Å². The highest BCUT2D eigenvalue weighted by molar-refractivity contribution is 9.10. The predicted octanol–water partition coefficient (Wildman–Crippen LogP) is 3.49. The van der Waals surface area contributed by atoms with E-state index in [0.29, 0.717) is 29.0 Å². The van der Waals surface area contributed by atoms with Crippen LogP contribution >= 0.6 is 15.9 Å². The Hall–Kier alpha value is -1.90. The molecule has 0 atom stereocenters. The third-order valence-corrected chi connectivity index (χ3v) is 6.83. The summed E-state index contributed by atoms with van der Waals surface area (Å²) < 4.78 is 32.7. The number of carbonyl (C=O) groups excluding carboxylic acids is 1. The Morgan fingerprint density at radius 3 is 2.54 bits per heavy atom. The Labute approximate surface area is 161 Å². The third-order valence-electron chi connectivity index (χ3n) is 4.24. The number of anilines is 1. The zero-order valence-corrected chi connectivity index (χ0v) is 16.6. The molecular formula is C18H19BrN2O4S. The summed E-state index contributed by atoms with van der Waals surface area (Å²) in [5.74, 6) is 0.109. The molecule has 0 aliphatic carbocycles. The van der Waals surface area contributed by atoms with E-state index in [2.05, 4.69) is 21.2 Å². The van der Waals surface area contributed by atoms with Gasteiger partial charge in [-0.25, -0.2) is 8.42 Å². The molecule has 1 aliphatic heterocycles. The number of nitrogens with zero attached hydrogens (tertiary/aromatic N) is 1. The molecule has 8 heteroatoms. The molecule has 3 rings (SSSR count). The zero-order valence-electron chi connectivity index (χ0n) is 14.2. The van der Waals surface area contributed by atoms with Gasteiger partial charge in [-0.3, -0.25) is 4.79 Å². The Morgan fingerprint density at radius 1 is 1.15 bits per heavy atom. The van der Waals surface area contributed by atoms with Crippen LogP contribution in [0.2, 0.25) is 0 Å². The van der Waals surface area contributed by atoms with Crippen molar-refractivity contribution in [3.8, 4) is 5.75 Å². The fourth-order valence-electron chi connectivity index (χ4n) is 2.85. The number of carbonyl (C=O) groups is 1. The summed E-state index contributed by atoms with van der Waals surface area (Å²) >= 11 is 3.33. The van der Waals surface area contributed by atoms with E-state index < -0.39 is 15.9 Å². The van der Waals surface area contributed by atoms with Gasteiger partial charge in [0.1, 0.15) is 5.75 Å². The van der Waals surface area contributed by atoms with Gasteiger partial charge < -0.3 is 10.1 Å². The van der Waals surface area contributed by atoms with Crippen LogP contribution in [0.1, 0.15) is 23.2 Å². The lowest BCUT2D eigenvalue weighted by molar-refractivity contribution is 0.102. The number of methoxy groups -OCH3 is 1. The van der Waals surface area contributed by atoms with Crippen LogP contribution in [-0.4, -0.2) is 38.8 Å². The molecule has 0 saturated carbocycles. The summed E-state index contributed by atoms with van der Waals surface area (Å²) in [6.07, 6.45) is 1.72. The van der Waals surface area contributed by atoms with Gasteiger partial charge in [0.15, 0.2) is 0 Å². The maximum absolute atomic E-state index is 12.7. The minimum absolute atomic E-state index is 0.118. The average Bonchev–Trinajstić information content (AvgIpc) is 3.18. The van der Waals surface area contributed by atoms with Crippen molar-refractivity contribution in [1.82, 2.24) is 4.31 Å². The molecule has 0 aromatic heterocycles. The fourth-order valence-corrected chi connectivity index (χ4v) is 4.82. The quantitative estimate of drug-likeness (QED) is 0.774. The molecule has 1 fully saturated rings. The molecule has 0 spiro atoms. The highest BCUT2D eigenvalue weighted by atomic mass is 79.9. The first-order valence-corrected chi connectivity index (χ1v) is 10.4. The number of hydrogen-bond donors (Lipinski definition) is 1. The normalized spacial score (nSPS) is 15.0. The Morgan fingerprint density at radius 2 is 1.85 bits per heavy atom. The number of nitrogens with one attached hydrogen (secondary N) is 1. The second-order valence-corrected chi connectivity index (χ2v) is 8.70. The molecular weight excluding hydrogens is 420 g/mol. The van der Waals surface area contributed by atoms with E-state index in [9.17, 15) is 13.2 Å². The number of rotatable bonds is 5. The number of amides is 1. The van der Waals surface area contributed by atoms with Crippen LogP contribution < -0.4 is 10.1 Å². The third kappa shape index (κ3) is 3.77. The predicted molar refractivity (Wildman–Crippen MR) is 103 cm³/mol. The highest BCUT2D eigenvalue weighted by Crippen LogP contribution is 2.28. The lowest BCUT2D eigenvalue weighted by atomic mass is 10.2. The Bertz CT molecular complexity index is 925. The summed E-state index contributed by atoms with van der Waals surface area (Å²) in [6.45, 7) is 1.03. The average molecular weight is 439 g/mol. The van der Waals surface area contributed by atoms with Crippen molar-refractivity contribution < 1.29 is 17.9 Å². The molecule has 2 aromatic rings. The first-order chi connectivity index (χ1) is 12.4. The van der Waals surface area contributed by atoms with Gasteiger partial charge in [-0.2, -0.15) is 4.31 Å². The molecule has 1 amide bonds. The molecule has 1 saturated heterocycles. The van der Waals surface area contributed by atoms with Gasteiger partial charge in [-0.1, -0.05) is 12.1 Å². The molecule has 6 nitrogen and oxygen atoms in total. The van der Waals surface area contributed by atoms with E-state index >= 15 is 0 Å². The van der Waals surface area contributed by atoms with E-state index in [4.69, 9.17) is 4.74 Å². The van der Waals surface area contributed by atoms with Crippen LogP contribution in [0.4, 0.5) is 5.69 Å². The number of hydrogen-bond acceptors (Lipinski definition) is 4. The minimum atomic E-state index is -3.59. The zero-order chi connectivity index (χ0) is 18.7. The standard InChI is InChI=1S/C18H19BrN2O4S/c1-25-17-7-3-2-6-16(17)20-18(22)14-12-13(8-9-15(14)19)26(23,24)21-10-4-5-11-21/h2-3,6-9,12H,4-5,10-11H2,1H3,(H,20,22). The number of benzene rings is 2. The van der Waals surface area contributed by atoms with Gasteiger partial charge in [0.05, 0.1) is 23.3 Å². The fraction of sp³-hybridized carbons (Fsp3) is 0.278. The molecule has 1 N–H and O–H groups in total. The Balaban J connectivity index is 1.91.